The van der Waals surface area contributed by atoms with Gasteiger partial charge in [0, 0.05) is 6.54 Å². The van der Waals surface area contributed by atoms with Crippen molar-refractivity contribution >= 4 is 21.7 Å². The van der Waals surface area contributed by atoms with E-state index in [1.165, 1.54) is 13.8 Å². The minimum Gasteiger partial charge on any atom is -0.480 e. The number of rotatable bonds is 7. The van der Waals surface area contributed by atoms with E-state index in [-0.39, 0.29) is 13.0 Å². The largest absolute Gasteiger partial charge is 0.480 e. The van der Waals surface area contributed by atoms with Crippen LogP contribution in [0.4, 0.5) is 0 Å². The molecule has 102 valence electrons. The van der Waals surface area contributed by atoms with Gasteiger partial charge in [-0.2, -0.15) is 5.26 Å². The Morgan fingerprint density at radius 1 is 1.39 bits per heavy atom. The Hall–Kier alpha value is -1.62. The molecule has 0 aliphatic heterocycles. The van der Waals surface area contributed by atoms with Crippen LogP contribution in [0.3, 0.4) is 0 Å². The molecule has 0 aromatic rings. The fourth-order valence-corrected chi connectivity index (χ4v) is 3.22. The zero-order valence-electron chi connectivity index (χ0n) is 10.2. The number of carboxylic acids is 1. The van der Waals surface area contributed by atoms with E-state index in [1.54, 1.807) is 6.07 Å². The van der Waals surface area contributed by atoms with E-state index in [1.807, 2.05) is 0 Å². The van der Waals surface area contributed by atoms with E-state index < -0.39 is 38.6 Å². The Morgan fingerprint density at radius 3 is 2.33 bits per heavy atom. The number of sulfone groups is 1. The van der Waals surface area contributed by atoms with Gasteiger partial charge in [0.2, 0.25) is 5.91 Å². The molecule has 18 heavy (non-hydrogen) atoms. The van der Waals surface area contributed by atoms with Crippen molar-refractivity contribution < 1.29 is 23.1 Å². The van der Waals surface area contributed by atoms with Crippen molar-refractivity contribution in [2.24, 2.45) is 5.92 Å². The standard InChI is InChI=1S/C10H16N2O5S/c1-7(2)9(10(14)15)18(16,17)6-8(13)12-5-3-4-11/h7,9H,3,5-6H2,1-2H3,(H,12,13)(H,14,15). The molecular formula is C10H16N2O5S. The number of carbonyl (C=O) groups is 2. The first-order chi connectivity index (χ1) is 8.22. The summed E-state index contributed by atoms with van der Waals surface area (Å²) >= 11 is 0. The van der Waals surface area contributed by atoms with Crippen LogP contribution in [0.25, 0.3) is 0 Å². The molecule has 0 aromatic carbocycles. The van der Waals surface area contributed by atoms with Crippen molar-refractivity contribution in [3.05, 3.63) is 0 Å². The van der Waals surface area contributed by atoms with Gasteiger partial charge in [0.05, 0.1) is 12.5 Å². The molecule has 0 aliphatic carbocycles. The number of carbonyl (C=O) groups excluding carboxylic acids is 1. The average molecular weight is 276 g/mol. The second kappa shape index (κ2) is 6.96. The molecule has 1 atom stereocenters. The Bertz CT molecular complexity index is 449. The predicted octanol–water partition coefficient (Wildman–Crippen LogP) is -0.460. The Balaban J connectivity index is 4.69. The highest BCUT2D eigenvalue weighted by Crippen LogP contribution is 2.13. The summed E-state index contributed by atoms with van der Waals surface area (Å²) in [4.78, 5) is 22.2. The molecule has 0 aliphatic rings. The summed E-state index contributed by atoms with van der Waals surface area (Å²) in [5.74, 6) is -3.76. The van der Waals surface area contributed by atoms with Crippen LogP contribution in [0.15, 0.2) is 0 Å². The minimum atomic E-state index is -4.05. The molecule has 0 fully saturated rings. The second-order valence-electron chi connectivity index (χ2n) is 4.07. The smallest absolute Gasteiger partial charge is 0.322 e. The quantitative estimate of drug-likeness (QED) is 0.606. The number of nitrogens with zero attached hydrogens (tertiary/aromatic N) is 1. The highest BCUT2D eigenvalue weighted by molar-refractivity contribution is 7.93. The molecule has 0 rings (SSSR count). The summed E-state index contributed by atoms with van der Waals surface area (Å²) in [7, 11) is -4.05. The first kappa shape index (κ1) is 16.4. The molecule has 0 bridgehead atoms. The Kier molecular flexibility index (Phi) is 6.33. The Labute approximate surface area is 106 Å². The highest BCUT2D eigenvalue weighted by atomic mass is 32.2. The van der Waals surface area contributed by atoms with Gasteiger partial charge in [0.25, 0.3) is 0 Å². The highest BCUT2D eigenvalue weighted by Gasteiger charge is 2.36. The fraction of sp³-hybridized carbons (Fsp3) is 0.700. The van der Waals surface area contributed by atoms with E-state index in [2.05, 4.69) is 5.32 Å². The molecule has 0 saturated heterocycles. The summed E-state index contributed by atoms with van der Waals surface area (Å²) in [6.45, 7) is 2.97. The molecule has 0 spiro atoms. The van der Waals surface area contributed by atoms with E-state index >= 15 is 0 Å². The first-order valence-corrected chi connectivity index (χ1v) is 7.02. The minimum absolute atomic E-state index is 0.0459. The van der Waals surface area contributed by atoms with Crippen molar-refractivity contribution in [2.75, 3.05) is 12.3 Å². The van der Waals surface area contributed by atoms with Crippen molar-refractivity contribution in [2.45, 2.75) is 25.5 Å². The summed E-state index contributed by atoms with van der Waals surface area (Å²) in [5, 5.41) is 17.7. The summed E-state index contributed by atoms with van der Waals surface area (Å²) in [6.07, 6.45) is 0.0678. The third kappa shape index (κ3) is 5.14. The van der Waals surface area contributed by atoms with Crippen LogP contribution >= 0.6 is 0 Å². The fourth-order valence-electron chi connectivity index (χ4n) is 1.43. The van der Waals surface area contributed by atoms with Crippen molar-refractivity contribution in [3.63, 3.8) is 0 Å². The normalized spacial score (nSPS) is 12.8. The maximum Gasteiger partial charge on any atom is 0.322 e. The third-order valence-corrected chi connectivity index (χ3v) is 4.31. The SMILES string of the molecule is CC(C)C(C(=O)O)S(=O)(=O)CC(=O)NCCC#N. The van der Waals surface area contributed by atoms with Gasteiger partial charge in [-0.15, -0.1) is 0 Å². The van der Waals surface area contributed by atoms with Crippen molar-refractivity contribution in [1.82, 2.24) is 5.32 Å². The number of hydrogen-bond acceptors (Lipinski definition) is 5. The maximum atomic E-state index is 11.8. The first-order valence-electron chi connectivity index (χ1n) is 5.30. The van der Waals surface area contributed by atoms with Crippen LogP contribution in [0.5, 0.6) is 0 Å². The summed E-state index contributed by atoms with van der Waals surface area (Å²) in [5.41, 5.74) is 0. The van der Waals surface area contributed by atoms with Crippen LogP contribution in [0.2, 0.25) is 0 Å². The lowest BCUT2D eigenvalue weighted by molar-refractivity contribution is -0.137. The zero-order chi connectivity index (χ0) is 14.3. The van der Waals surface area contributed by atoms with E-state index in [0.717, 1.165) is 0 Å². The van der Waals surface area contributed by atoms with Gasteiger partial charge < -0.3 is 10.4 Å². The Morgan fingerprint density at radius 2 is 1.94 bits per heavy atom. The van der Waals surface area contributed by atoms with Gasteiger partial charge in [-0.3, -0.25) is 9.59 Å². The molecule has 0 saturated carbocycles. The number of hydrogen-bond donors (Lipinski definition) is 2. The van der Waals surface area contributed by atoms with Crippen molar-refractivity contribution in [3.8, 4) is 6.07 Å². The molecule has 0 aromatic heterocycles. The van der Waals surface area contributed by atoms with Crippen LogP contribution in [0, 0.1) is 17.2 Å². The number of carboxylic acid groups (broad SMARTS) is 1. The van der Waals surface area contributed by atoms with E-state index in [0.29, 0.717) is 0 Å². The topological polar surface area (TPSA) is 124 Å². The maximum absolute atomic E-state index is 11.8. The van der Waals surface area contributed by atoms with Crippen LogP contribution < -0.4 is 5.32 Å². The zero-order valence-corrected chi connectivity index (χ0v) is 11.0. The van der Waals surface area contributed by atoms with Gasteiger partial charge >= 0.3 is 5.97 Å². The average Bonchev–Trinajstić information content (AvgIpc) is 2.14. The molecule has 0 radical (unpaired) electrons. The molecule has 7 nitrogen and oxygen atoms in total. The molecular weight excluding hydrogens is 260 g/mol. The summed E-state index contributed by atoms with van der Waals surface area (Å²) < 4.78 is 23.5. The molecule has 1 amide bonds. The van der Waals surface area contributed by atoms with Gasteiger partial charge in [-0.1, -0.05) is 13.8 Å². The number of nitriles is 1. The van der Waals surface area contributed by atoms with Crippen LogP contribution in [-0.4, -0.2) is 42.9 Å². The molecule has 0 heterocycles. The lowest BCUT2D eigenvalue weighted by Crippen LogP contribution is -2.41. The lowest BCUT2D eigenvalue weighted by Gasteiger charge is -2.16. The molecule has 1 unspecified atom stereocenters. The lowest BCUT2D eigenvalue weighted by atomic mass is 10.1. The number of amides is 1. The number of nitrogens with one attached hydrogen (secondary N) is 1. The van der Waals surface area contributed by atoms with Gasteiger partial charge in [0.1, 0.15) is 5.75 Å². The van der Waals surface area contributed by atoms with Gasteiger partial charge in [-0.05, 0) is 5.92 Å². The molecule has 8 heteroatoms. The second-order valence-corrected chi connectivity index (χ2v) is 6.19. The van der Waals surface area contributed by atoms with Crippen LogP contribution in [0.1, 0.15) is 20.3 Å². The third-order valence-electron chi connectivity index (χ3n) is 2.13. The van der Waals surface area contributed by atoms with E-state index in [9.17, 15) is 18.0 Å². The summed E-state index contributed by atoms with van der Waals surface area (Å²) in [6, 6.07) is 1.79. The van der Waals surface area contributed by atoms with Crippen molar-refractivity contribution in [1.29, 1.82) is 5.26 Å². The van der Waals surface area contributed by atoms with Crippen LogP contribution in [-0.2, 0) is 19.4 Å². The van der Waals surface area contributed by atoms with Gasteiger partial charge in [-0.25, -0.2) is 8.42 Å². The number of aliphatic carboxylic acids is 1. The monoisotopic (exact) mass is 276 g/mol. The van der Waals surface area contributed by atoms with E-state index in [4.69, 9.17) is 10.4 Å². The van der Waals surface area contributed by atoms with Gasteiger partial charge in [0.15, 0.2) is 15.1 Å². The molecule has 2 N–H and O–H groups in total. The predicted molar refractivity (Wildman–Crippen MR) is 63.3 cm³/mol.